The first-order valence-corrected chi connectivity index (χ1v) is 11.1. The van der Waals surface area contributed by atoms with Gasteiger partial charge in [-0.2, -0.15) is 0 Å². The topological polar surface area (TPSA) is 87.7 Å². The van der Waals surface area contributed by atoms with Gasteiger partial charge in [-0.1, -0.05) is 30.3 Å². The Bertz CT molecular complexity index is 1580. The number of carbonyl (C=O) groups is 2. The van der Waals surface area contributed by atoms with E-state index in [9.17, 15) is 18.4 Å². The molecule has 2 N–H and O–H groups in total. The van der Waals surface area contributed by atoms with Crippen LogP contribution in [0.25, 0.3) is 33.3 Å². The number of aromatic amines is 1. The molecule has 2 aromatic heterocycles. The lowest BCUT2D eigenvalue weighted by atomic mass is 9.95. The van der Waals surface area contributed by atoms with E-state index in [1.807, 2.05) is 31.2 Å². The maximum atomic E-state index is 12.8. The molecular weight excluding hydrogens is 462 g/mol. The summed E-state index contributed by atoms with van der Waals surface area (Å²) in [6.07, 6.45) is 3.04. The molecule has 0 saturated heterocycles. The fourth-order valence-electron chi connectivity index (χ4n) is 4.20. The van der Waals surface area contributed by atoms with Gasteiger partial charge in [-0.15, -0.1) is 0 Å². The molecule has 178 valence electrons. The van der Waals surface area contributed by atoms with Crippen LogP contribution in [0.15, 0.2) is 79.4 Å². The molecule has 0 bridgehead atoms. The molecule has 0 spiro atoms. The second kappa shape index (κ2) is 9.50. The van der Waals surface area contributed by atoms with Gasteiger partial charge in [0.15, 0.2) is 6.29 Å². The molecule has 6 nitrogen and oxygen atoms in total. The molecule has 2 heterocycles. The van der Waals surface area contributed by atoms with Gasteiger partial charge in [-0.3, -0.25) is 9.59 Å². The Morgan fingerprint density at radius 3 is 2.44 bits per heavy atom. The van der Waals surface area contributed by atoms with E-state index in [1.165, 1.54) is 30.6 Å². The summed E-state index contributed by atoms with van der Waals surface area (Å²) in [6, 6.07) is 16.4. The van der Waals surface area contributed by atoms with Crippen molar-refractivity contribution in [2.24, 2.45) is 0 Å². The number of H-pyrrole nitrogens is 1. The fraction of sp³-hybridized carbons (Fsp3) is 0.0714. The lowest BCUT2D eigenvalue weighted by molar-refractivity contribution is 0.102. The number of hydrogen-bond donors (Lipinski definition) is 2. The van der Waals surface area contributed by atoms with Crippen molar-refractivity contribution in [1.82, 2.24) is 15.0 Å². The summed E-state index contributed by atoms with van der Waals surface area (Å²) >= 11 is 0. The van der Waals surface area contributed by atoms with Crippen LogP contribution in [-0.4, -0.2) is 27.1 Å². The molecule has 5 rings (SSSR count). The lowest BCUT2D eigenvalue weighted by Gasteiger charge is -2.14. The molecule has 1 amide bonds. The number of alkyl halides is 2. The van der Waals surface area contributed by atoms with Crippen molar-refractivity contribution < 1.29 is 18.4 Å². The Morgan fingerprint density at radius 2 is 1.75 bits per heavy atom. The molecule has 5 aromatic rings. The summed E-state index contributed by atoms with van der Waals surface area (Å²) < 4.78 is 25.7. The van der Waals surface area contributed by atoms with Crippen LogP contribution in [0.3, 0.4) is 0 Å². The molecule has 0 atom stereocenters. The number of fused-ring (bicyclic) bond motifs is 1. The van der Waals surface area contributed by atoms with Crippen molar-refractivity contribution in [2.75, 3.05) is 5.32 Å². The zero-order chi connectivity index (χ0) is 25.2. The van der Waals surface area contributed by atoms with Gasteiger partial charge in [0, 0.05) is 51.4 Å². The number of halogens is 2. The number of hydrogen-bond acceptors (Lipinski definition) is 4. The quantitative estimate of drug-likeness (QED) is 0.267. The van der Waals surface area contributed by atoms with Gasteiger partial charge in [0.2, 0.25) is 0 Å². The second-order valence-electron chi connectivity index (χ2n) is 8.27. The van der Waals surface area contributed by atoms with E-state index in [0.717, 1.165) is 39.6 Å². The summed E-state index contributed by atoms with van der Waals surface area (Å²) in [5.74, 6) is -0.398. The standard InChI is InChI=1S/C28H20F2N4O2/c1-16-21(3-2-4-24(16)34-28(36)18-7-5-17(6-8-18)27(29)30)22-10-9-19(14-35)26-23(22)11-25(33-26)20-12-31-15-32-13-20/h2-15,27,33H,1H3,(H,34,36). The molecule has 0 aliphatic carbocycles. The summed E-state index contributed by atoms with van der Waals surface area (Å²) in [4.78, 5) is 36.0. The molecule has 0 radical (unpaired) electrons. The van der Waals surface area contributed by atoms with Gasteiger partial charge in [0.25, 0.3) is 12.3 Å². The van der Waals surface area contributed by atoms with Crippen molar-refractivity contribution in [2.45, 2.75) is 13.3 Å². The predicted octanol–water partition coefficient (Wildman–Crippen LogP) is 6.60. The number of amides is 1. The number of aromatic nitrogens is 3. The molecule has 36 heavy (non-hydrogen) atoms. The minimum atomic E-state index is -2.59. The van der Waals surface area contributed by atoms with Crippen LogP contribution >= 0.6 is 0 Å². The number of benzene rings is 3. The van der Waals surface area contributed by atoms with Gasteiger partial charge in [0.05, 0.1) is 5.52 Å². The third-order valence-electron chi connectivity index (χ3n) is 6.12. The van der Waals surface area contributed by atoms with E-state index in [-0.39, 0.29) is 11.1 Å². The summed E-state index contributed by atoms with van der Waals surface area (Å²) in [5, 5.41) is 3.72. The van der Waals surface area contributed by atoms with Crippen molar-refractivity contribution in [3.05, 3.63) is 102 Å². The average molecular weight is 482 g/mol. The Hall–Kier alpha value is -4.72. The zero-order valence-electron chi connectivity index (χ0n) is 19.1. The normalized spacial score (nSPS) is 11.1. The van der Waals surface area contributed by atoms with Gasteiger partial charge in [0.1, 0.15) is 6.33 Å². The Labute approximate surface area is 205 Å². The number of anilines is 1. The lowest BCUT2D eigenvalue weighted by Crippen LogP contribution is -2.13. The first kappa shape index (κ1) is 23.0. The Balaban J connectivity index is 1.54. The minimum absolute atomic E-state index is 0.138. The highest BCUT2D eigenvalue weighted by atomic mass is 19.3. The third-order valence-corrected chi connectivity index (χ3v) is 6.12. The largest absolute Gasteiger partial charge is 0.354 e. The average Bonchev–Trinajstić information content (AvgIpc) is 3.36. The van der Waals surface area contributed by atoms with Gasteiger partial charge >= 0.3 is 0 Å². The smallest absolute Gasteiger partial charge is 0.263 e. The van der Waals surface area contributed by atoms with Crippen LogP contribution in [-0.2, 0) is 0 Å². The van der Waals surface area contributed by atoms with Crippen molar-refractivity contribution in [1.29, 1.82) is 0 Å². The third kappa shape index (κ3) is 4.24. The van der Waals surface area contributed by atoms with Crippen LogP contribution < -0.4 is 5.32 Å². The molecule has 8 heteroatoms. The number of nitrogens with one attached hydrogen (secondary N) is 2. The number of rotatable bonds is 6. The SMILES string of the molecule is Cc1c(NC(=O)c2ccc(C(F)F)cc2)cccc1-c1ccc(C=O)c2[nH]c(-c3cncnc3)cc12. The number of aldehydes is 1. The maximum Gasteiger partial charge on any atom is 0.263 e. The van der Waals surface area contributed by atoms with Crippen LogP contribution in [0, 0.1) is 6.92 Å². The van der Waals surface area contributed by atoms with Crippen LogP contribution in [0.5, 0.6) is 0 Å². The summed E-state index contributed by atoms with van der Waals surface area (Å²) in [5.41, 5.74) is 6.07. The molecule has 3 aromatic carbocycles. The molecular formula is C28H20F2N4O2. The number of nitrogens with zero attached hydrogens (tertiary/aromatic N) is 2. The highest BCUT2D eigenvalue weighted by Gasteiger charge is 2.16. The van der Waals surface area contributed by atoms with Crippen molar-refractivity contribution >= 4 is 28.8 Å². The van der Waals surface area contributed by atoms with E-state index in [1.54, 1.807) is 24.5 Å². The van der Waals surface area contributed by atoms with E-state index < -0.39 is 12.3 Å². The first-order valence-electron chi connectivity index (χ1n) is 11.1. The summed E-state index contributed by atoms with van der Waals surface area (Å²) in [6.45, 7) is 1.89. The Morgan fingerprint density at radius 1 is 1.00 bits per heavy atom. The zero-order valence-corrected chi connectivity index (χ0v) is 19.1. The van der Waals surface area contributed by atoms with Crippen molar-refractivity contribution in [3.63, 3.8) is 0 Å². The van der Waals surface area contributed by atoms with E-state index >= 15 is 0 Å². The van der Waals surface area contributed by atoms with E-state index in [0.29, 0.717) is 16.8 Å². The van der Waals surface area contributed by atoms with Gasteiger partial charge in [-0.05, 0) is 53.9 Å². The van der Waals surface area contributed by atoms with Crippen LogP contribution in [0.4, 0.5) is 14.5 Å². The van der Waals surface area contributed by atoms with Gasteiger partial charge in [-0.25, -0.2) is 18.7 Å². The molecule has 0 unspecified atom stereocenters. The highest BCUT2D eigenvalue weighted by Crippen LogP contribution is 2.37. The number of carbonyl (C=O) groups excluding carboxylic acids is 2. The Kier molecular flexibility index (Phi) is 6.08. The predicted molar refractivity (Wildman–Crippen MR) is 134 cm³/mol. The highest BCUT2D eigenvalue weighted by molar-refractivity contribution is 6.08. The minimum Gasteiger partial charge on any atom is -0.354 e. The van der Waals surface area contributed by atoms with Gasteiger partial charge < -0.3 is 10.3 Å². The molecule has 0 aliphatic heterocycles. The maximum absolute atomic E-state index is 12.8. The molecule has 0 saturated carbocycles. The van der Waals surface area contributed by atoms with E-state index in [2.05, 4.69) is 20.3 Å². The second-order valence-corrected chi connectivity index (χ2v) is 8.27. The van der Waals surface area contributed by atoms with Crippen LogP contribution in [0.1, 0.15) is 38.3 Å². The fourth-order valence-corrected chi connectivity index (χ4v) is 4.20. The molecule has 0 fully saturated rings. The molecule has 0 aliphatic rings. The monoisotopic (exact) mass is 482 g/mol. The van der Waals surface area contributed by atoms with E-state index in [4.69, 9.17) is 0 Å². The van der Waals surface area contributed by atoms with Crippen LogP contribution in [0.2, 0.25) is 0 Å². The van der Waals surface area contributed by atoms with Crippen molar-refractivity contribution in [3.8, 4) is 22.4 Å². The summed E-state index contributed by atoms with van der Waals surface area (Å²) in [7, 11) is 0. The first-order chi connectivity index (χ1) is 17.5.